The molecule has 0 saturated heterocycles. The van der Waals surface area contributed by atoms with Crippen molar-refractivity contribution in [1.29, 1.82) is 0 Å². The molecule has 0 bridgehead atoms. The summed E-state index contributed by atoms with van der Waals surface area (Å²) in [5.41, 5.74) is -0.388. The highest BCUT2D eigenvalue weighted by Crippen LogP contribution is 2.60. The second kappa shape index (κ2) is 4.11. The highest BCUT2D eigenvalue weighted by molar-refractivity contribution is 5.14. The van der Waals surface area contributed by atoms with Gasteiger partial charge in [0.1, 0.15) is 0 Å². The van der Waals surface area contributed by atoms with Crippen LogP contribution in [0.1, 0.15) is 12.0 Å². The van der Waals surface area contributed by atoms with Gasteiger partial charge in [-0.2, -0.15) is 0 Å². The van der Waals surface area contributed by atoms with Crippen LogP contribution in [0.3, 0.4) is 0 Å². The Morgan fingerprint density at radius 3 is 2.38 bits per heavy atom. The first-order valence-electron chi connectivity index (χ1n) is 5.20. The maximum atomic E-state index is 12.9. The molecular formula is C12H14F2O2. The van der Waals surface area contributed by atoms with Crippen molar-refractivity contribution >= 4 is 0 Å². The van der Waals surface area contributed by atoms with Gasteiger partial charge >= 0.3 is 0 Å². The van der Waals surface area contributed by atoms with Crippen LogP contribution in [0.25, 0.3) is 0 Å². The third-order valence-electron chi connectivity index (χ3n) is 3.00. The van der Waals surface area contributed by atoms with Gasteiger partial charge in [0, 0.05) is 6.42 Å². The first-order chi connectivity index (χ1) is 7.60. The third-order valence-corrected chi connectivity index (χ3v) is 3.00. The summed E-state index contributed by atoms with van der Waals surface area (Å²) in [6.45, 7) is -0.307. The molecule has 0 radical (unpaired) electrons. The number of ether oxygens (including phenoxy) is 1. The lowest BCUT2D eigenvalue weighted by atomic mass is 10.1. The molecule has 1 aromatic carbocycles. The average Bonchev–Trinajstić information content (AvgIpc) is 2.83. The highest BCUT2D eigenvalue weighted by atomic mass is 19.3. The van der Waals surface area contributed by atoms with Gasteiger partial charge in [-0.25, -0.2) is 8.78 Å². The van der Waals surface area contributed by atoms with E-state index in [1.807, 2.05) is 30.3 Å². The van der Waals surface area contributed by atoms with Crippen LogP contribution in [0.15, 0.2) is 30.3 Å². The molecule has 1 aliphatic carbocycles. The lowest BCUT2D eigenvalue weighted by Gasteiger charge is -2.13. The van der Waals surface area contributed by atoms with Crippen molar-refractivity contribution in [3.8, 4) is 0 Å². The van der Waals surface area contributed by atoms with E-state index in [0.29, 0.717) is 6.61 Å². The quantitative estimate of drug-likeness (QED) is 0.837. The molecule has 1 aliphatic rings. The minimum absolute atomic E-state index is 0.0919. The summed E-state index contributed by atoms with van der Waals surface area (Å²) < 4.78 is 31.1. The normalized spacial score (nSPS) is 26.7. The lowest BCUT2D eigenvalue weighted by molar-refractivity contribution is -0.0205. The number of benzene rings is 1. The van der Waals surface area contributed by atoms with E-state index in [1.165, 1.54) is 0 Å². The van der Waals surface area contributed by atoms with Crippen molar-refractivity contribution in [3.63, 3.8) is 0 Å². The molecule has 16 heavy (non-hydrogen) atoms. The van der Waals surface area contributed by atoms with Crippen LogP contribution in [-0.4, -0.2) is 24.2 Å². The topological polar surface area (TPSA) is 29.5 Å². The molecule has 0 aromatic heterocycles. The Bertz CT molecular complexity index is 353. The van der Waals surface area contributed by atoms with Crippen molar-refractivity contribution in [1.82, 2.24) is 0 Å². The number of halogens is 2. The van der Waals surface area contributed by atoms with E-state index in [0.717, 1.165) is 5.56 Å². The Morgan fingerprint density at radius 1 is 1.25 bits per heavy atom. The molecule has 0 aliphatic heterocycles. The number of hydrogen-bond acceptors (Lipinski definition) is 2. The van der Waals surface area contributed by atoms with Crippen molar-refractivity contribution in [3.05, 3.63) is 35.9 Å². The van der Waals surface area contributed by atoms with E-state index >= 15 is 0 Å². The van der Waals surface area contributed by atoms with Gasteiger partial charge in [-0.1, -0.05) is 30.3 Å². The second-order valence-corrected chi connectivity index (χ2v) is 4.30. The van der Waals surface area contributed by atoms with Gasteiger partial charge in [0.05, 0.1) is 25.2 Å². The molecule has 2 nitrogen and oxygen atoms in total. The lowest BCUT2D eigenvalue weighted by Crippen LogP contribution is -2.22. The fourth-order valence-electron chi connectivity index (χ4n) is 1.69. The first kappa shape index (κ1) is 11.5. The number of aliphatic hydroxyl groups excluding tert-OH is 1. The molecule has 1 unspecified atom stereocenters. The molecule has 4 heteroatoms. The summed E-state index contributed by atoms with van der Waals surface area (Å²) in [7, 11) is 0. The molecule has 0 amide bonds. The van der Waals surface area contributed by atoms with E-state index in [-0.39, 0.29) is 13.0 Å². The minimum Gasteiger partial charge on any atom is -0.395 e. The minimum atomic E-state index is -2.77. The van der Waals surface area contributed by atoms with E-state index < -0.39 is 17.9 Å². The van der Waals surface area contributed by atoms with Crippen molar-refractivity contribution in [2.24, 2.45) is 5.41 Å². The van der Waals surface area contributed by atoms with Crippen LogP contribution in [0.2, 0.25) is 0 Å². The summed E-state index contributed by atoms with van der Waals surface area (Å²) in [5.74, 6) is -2.77. The van der Waals surface area contributed by atoms with E-state index in [2.05, 4.69) is 0 Å². The zero-order valence-electron chi connectivity index (χ0n) is 8.83. The Kier molecular flexibility index (Phi) is 2.95. The number of aliphatic hydroxyl groups is 1. The molecular weight excluding hydrogens is 214 g/mol. The van der Waals surface area contributed by atoms with Crippen LogP contribution in [-0.2, 0) is 11.3 Å². The Labute approximate surface area is 92.9 Å². The van der Waals surface area contributed by atoms with Gasteiger partial charge in [-0.05, 0) is 5.56 Å². The summed E-state index contributed by atoms with van der Waals surface area (Å²) in [5, 5.41) is 8.93. The molecule has 0 spiro atoms. The predicted molar refractivity (Wildman–Crippen MR) is 55.2 cm³/mol. The molecule has 1 saturated carbocycles. The fourth-order valence-corrected chi connectivity index (χ4v) is 1.69. The van der Waals surface area contributed by atoms with E-state index in [1.54, 1.807) is 0 Å². The Balaban J connectivity index is 1.81. The van der Waals surface area contributed by atoms with Crippen LogP contribution in [0.4, 0.5) is 8.78 Å². The summed E-state index contributed by atoms with van der Waals surface area (Å²) in [6, 6.07) is 9.36. The number of alkyl halides is 2. The van der Waals surface area contributed by atoms with Crippen molar-refractivity contribution < 1.29 is 18.6 Å². The summed E-state index contributed by atoms with van der Waals surface area (Å²) in [6.07, 6.45) is -0.273. The van der Waals surface area contributed by atoms with Gasteiger partial charge in [-0.15, -0.1) is 0 Å². The van der Waals surface area contributed by atoms with Crippen LogP contribution < -0.4 is 0 Å². The van der Waals surface area contributed by atoms with Gasteiger partial charge in [0.2, 0.25) is 0 Å². The van der Waals surface area contributed by atoms with Gasteiger partial charge in [-0.3, -0.25) is 0 Å². The first-order valence-corrected chi connectivity index (χ1v) is 5.20. The molecule has 2 rings (SSSR count). The molecule has 1 fully saturated rings. The van der Waals surface area contributed by atoms with Crippen molar-refractivity contribution in [2.75, 3.05) is 13.2 Å². The zero-order valence-corrected chi connectivity index (χ0v) is 8.83. The molecule has 1 N–H and O–H groups in total. The van der Waals surface area contributed by atoms with Crippen LogP contribution in [0, 0.1) is 5.41 Å². The predicted octanol–water partition coefficient (Wildman–Crippen LogP) is 2.22. The SMILES string of the molecule is OCC1(COCc2ccccc2)CC1(F)F. The van der Waals surface area contributed by atoms with Crippen LogP contribution >= 0.6 is 0 Å². The largest absolute Gasteiger partial charge is 0.395 e. The smallest absolute Gasteiger partial charge is 0.259 e. The van der Waals surface area contributed by atoms with Gasteiger partial charge in [0.15, 0.2) is 0 Å². The van der Waals surface area contributed by atoms with Crippen LogP contribution in [0.5, 0.6) is 0 Å². The third kappa shape index (κ3) is 2.08. The fraction of sp³-hybridized carbons (Fsp3) is 0.500. The van der Waals surface area contributed by atoms with E-state index in [9.17, 15) is 8.78 Å². The molecule has 88 valence electrons. The Morgan fingerprint density at radius 2 is 1.88 bits per heavy atom. The standard InChI is InChI=1S/C12H14F2O2/c13-12(14)7-11(12,8-15)9-16-6-10-4-2-1-3-5-10/h1-5,15H,6-9H2. The maximum Gasteiger partial charge on any atom is 0.259 e. The van der Waals surface area contributed by atoms with Crippen molar-refractivity contribution in [2.45, 2.75) is 19.0 Å². The number of rotatable bonds is 5. The summed E-state index contributed by atoms with van der Waals surface area (Å²) in [4.78, 5) is 0. The van der Waals surface area contributed by atoms with Gasteiger partial charge < -0.3 is 9.84 Å². The van der Waals surface area contributed by atoms with Gasteiger partial charge in [0.25, 0.3) is 5.92 Å². The zero-order chi connectivity index (χ0) is 11.6. The monoisotopic (exact) mass is 228 g/mol. The second-order valence-electron chi connectivity index (χ2n) is 4.30. The summed E-state index contributed by atoms with van der Waals surface area (Å²) >= 11 is 0. The highest BCUT2D eigenvalue weighted by Gasteiger charge is 2.70. The van der Waals surface area contributed by atoms with E-state index in [4.69, 9.17) is 9.84 Å². The Hall–Kier alpha value is -1.00. The molecule has 1 aromatic rings. The number of hydrogen-bond donors (Lipinski definition) is 1. The molecule has 1 atom stereocenters. The average molecular weight is 228 g/mol. The maximum absolute atomic E-state index is 12.9. The molecule has 0 heterocycles.